The maximum absolute atomic E-state index is 12.6. The van der Waals surface area contributed by atoms with Gasteiger partial charge >= 0.3 is 124 Å². The van der Waals surface area contributed by atoms with E-state index < -0.39 is 5.97 Å². The Morgan fingerprint density at radius 1 is 0.396 bits per heavy atom. The van der Waals surface area contributed by atoms with Gasteiger partial charge in [-0.2, -0.15) is 0 Å². The van der Waals surface area contributed by atoms with Crippen molar-refractivity contribution in [3.8, 4) is 0 Å². The number of hydrogen-bond acceptors (Lipinski definition) is 9. The Labute approximate surface area is 393 Å². The molecule has 4 saturated carbocycles. The second kappa shape index (κ2) is 19.2. The fraction of sp³-hybridized carbons (Fsp3) is 0.970. The summed E-state index contributed by atoms with van der Waals surface area (Å²) in [6.07, 6.45) is 20.5. The summed E-state index contributed by atoms with van der Waals surface area (Å²) in [5.74, 6) is 3.36. The summed E-state index contributed by atoms with van der Waals surface area (Å²) in [6, 6.07) is 0. The van der Waals surface area contributed by atoms with Crippen molar-refractivity contribution in [1.29, 1.82) is 0 Å². The Bertz CT molecular complexity index is 1090. The molecular formula is C33H60CuN8Na4O2. The zero-order valence-corrected chi connectivity index (χ0v) is 39.0. The van der Waals surface area contributed by atoms with E-state index in [4.69, 9.17) is 0 Å². The smallest absolute Gasteiger partial charge is 1.00 e. The Morgan fingerprint density at radius 2 is 0.646 bits per heavy atom. The van der Waals surface area contributed by atoms with Crippen molar-refractivity contribution in [3.63, 3.8) is 0 Å². The van der Waals surface area contributed by atoms with E-state index in [2.05, 4.69) is 42.5 Å². The number of fused-ring (bicyclic) bond motifs is 20. The van der Waals surface area contributed by atoms with Crippen LogP contribution in [-0.4, -0.2) is 60.4 Å². The molecule has 5 aliphatic heterocycles. The van der Waals surface area contributed by atoms with Crippen LogP contribution in [0.15, 0.2) is 0 Å². The van der Waals surface area contributed by atoms with E-state index in [1.165, 1.54) is 77.0 Å². The Hall–Kier alpha value is 3.67. The number of carboxylic acid groups (broad SMARTS) is 1. The summed E-state index contributed by atoms with van der Waals surface area (Å²) in [7, 11) is 0. The van der Waals surface area contributed by atoms with Crippen molar-refractivity contribution in [2.24, 2.45) is 53.3 Å². The standard InChI is InChI=1S/C33H56N8O2.Cu.4Na.4H/c42-33(43)23-15-7-14-22-24(23)32-40-30-21-13-6-5-12-20(21)28(38-30)36-26-17-9-2-1-8-16(17)25(34-26)35-27-18-10-3-4-11-19(18)29(37-27)39-31(22)41-32;;;;;;;;;/h16-32,34-41H,1-15H2,(H,42,43);;;;;;;;;/q;;4*+1;4*-1. The number of aliphatic carboxylic acids is 1. The molecule has 0 spiro atoms. The molecule has 9 aliphatic rings. The maximum atomic E-state index is 12.6. The summed E-state index contributed by atoms with van der Waals surface area (Å²) in [6.45, 7) is 0. The summed E-state index contributed by atoms with van der Waals surface area (Å²) in [5.41, 5.74) is 0. The molecule has 17 atom stereocenters. The molecular weight excluding hydrogens is 696 g/mol. The molecule has 5 heterocycles. The van der Waals surface area contributed by atoms with E-state index in [-0.39, 0.29) is 178 Å². The minimum absolute atomic E-state index is 0. The molecule has 15 heteroatoms. The van der Waals surface area contributed by atoms with Crippen LogP contribution in [0.3, 0.4) is 0 Å². The third-order valence-electron chi connectivity index (χ3n) is 14.2. The van der Waals surface area contributed by atoms with Gasteiger partial charge in [0.2, 0.25) is 0 Å². The molecule has 0 aromatic heterocycles. The van der Waals surface area contributed by atoms with E-state index in [9.17, 15) is 9.90 Å². The van der Waals surface area contributed by atoms with Gasteiger partial charge in [0.15, 0.2) is 0 Å². The van der Waals surface area contributed by atoms with Crippen LogP contribution in [0.1, 0.15) is 102 Å². The Morgan fingerprint density at radius 3 is 0.938 bits per heavy atom. The van der Waals surface area contributed by atoms with Crippen molar-refractivity contribution in [2.75, 3.05) is 0 Å². The predicted octanol–water partition coefficient (Wildman–Crippen LogP) is -9.62. The minimum Gasteiger partial charge on any atom is -1.00 e. The van der Waals surface area contributed by atoms with Gasteiger partial charge in [-0.05, 0) is 92.8 Å². The first kappa shape index (κ1) is 44.4. The van der Waals surface area contributed by atoms with E-state index in [1.54, 1.807) is 0 Å². The molecule has 48 heavy (non-hydrogen) atoms. The number of rotatable bonds is 1. The number of carboxylic acids is 1. The van der Waals surface area contributed by atoms with Gasteiger partial charge in [-0.25, -0.2) is 0 Å². The maximum Gasteiger partial charge on any atom is 1.00 e. The first-order valence-corrected chi connectivity index (χ1v) is 18.4. The van der Waals surface area contributed by atoms with E-state index >= 15 is 0 Å². The number of nitrogens with one attached hydrogen (secondary N) is 8. The number of carbonyl (C=O) groups is 1. The first-order chi connectivity index (χ1) is 21.1. The molecule has 8 bridgehead atoms. The van der Waals surface area contributed by atoms with Crippen molar-refractivity contribution in [3.05, 3.63) is 0 Å². The van der Waals surface area contributed by atoms with Crippen LogP contribution in [0.2, 0.25) is 0 Å². The van der Waals surface area contributed by atoms with Gasteiger partial charge in [-0.15, -0.1) is 0 Å². The van der Waals surface area contributed by atoms with Gasteiger partial charge in [0, 0.05) is 23.0 Å². The first-order valence-electron chi connectivity index (χ1n) is 18.4. The zero-order chi connectivity index (χ0) is 28.7. The summed E-state index contributed by atoms with van der Waals surface area (Å²) in [5, 5.41) is 43.3. The van der Waals surface area contributed by atoms with E-state index in [0.717, 1.165) is 19.3 Å². The molecule has 0 aromatic rings. The third kappa shape index (κ3) is 8.35. The zero-order valence-electron chi connectivity index (χ0n) is 34.1. The predicted molar refractivity (Wildman–Crippen MR) is 168 cm³/mol. The van der Waals surface area contributed by atoms with Gasteiger partial charge in [0.1, 0.15) is 0 Å². The van der Waals surface area contributed by atoms with Crippen LogP contribution in [0.5, 0.6) is 0 Å². The Balaban J connectivity index is 0.00000289. The monoisotopic (exact) mass is 755 g/mol. The largest absolute Gasteiger partial charge is 1.00 e. The molecule has 0 amide bonds. The van der Waals surface area contributed by atoms with Crippen LogP contribution in [0.25, 0.3) is 0 Å². The van der Waals surface area contributed by atoms with Crippen molar-refractivity contribution in [2.45, 2.75) is 146 Å². The molecule has 10 nitrogen and oxygen atoms in total. The van der Waals surface area contributed by atoms with Crippen LogP contribution < -0.4 is 161 Å². The summed E-state index contributed by atoms with van der Waals surface area (Å²) >= 11 is 0. The molecule has 17 unspecified atom stereocenters. The molecule has 259 valence electrons. The third-order valence-corrected chi connectivity index (χ3v) is 14.2. The van der Waals surface area contributed by atoms with Crippen molar-refractivity contribution in [1.82, 2.24) is 42.5 Å². The van der Waals surface area contributed by atoms with Crippen molar-refractivity contribution < 1.29 is 151 Å². The fourth-order valence-electron chi connectivity index (χ4n) is 12.3. The van der Waals surface area contributed by atoms with Gasteiger partial charge < -0.3 is 10.8 Å². The Kier molecular flexibility index (Phi) is 17.8. The van der Waals surface area contributed by atoms with Gasteiger partial charge in [-0.1, -0.05) is 44.9 Å². The summed E-state index contributed by atoms with van der Waals surface area (Å²) in [4.78, 5) is 12.6. The fourth-order valence-corrected chi connectivity index (χ4v) is 12.3. The summed E-state index contributed by atoms with van der Waals surface area (Å²) < 4.78 is 0. The van der Waals surface area contributed by atoms with Gasteiger partial charge in [0.05, 0.1) is 55.2 Å². The molecule has 9 rings (SSSR count). The molecule has 9 fully saturated rings. The van der Waals surface area contributed by atoms with E-state index in [1.807, 2.05) is 0 Å². The van der Waals surface area contributed by atoms with Crippen LogP contribution in [0, 0.1) is 53.3 Å². The van der Waals surface area contributed by atoms with Gasteiger partial charge in [-0.3, -0.25) is 47.3 Å². The second-order valence-electron chi connectivity index (χ2n) is 16.1. The average Bonchev–Trinajstić information content (AvgIpc) is 3.76. The van der Waals surface area contributed by atoms with Crippen LogP contribution in [0.4, 0.5) is 0 Å². The SMILES string of the molecule is O=C(O)C1CCCC2C3NC4NC(NC5NC(NC6NC(NC(N3)C12)C1CCCCC61)C1CCCCC51)C1CCCCC41.[Cu].[H-].[H-].[H-].[H-].[Na+].[Na+].[Na+].[Na+]. The van der Waals surface area contributed by atoms with E-state index in [0.29, 0.717) is 66.1 Å². The second-order valence-corrected chi connectivity index (χ2v) is 16.1. The molecule has 9 N–H and O–H groups in total. The van der Waals surface area contributed by atoms with Crippen LogP contribution >= 0.6 is 0 Å². The molecule has 1 radical (unpaired) electrons. The molecule has 5 saturated heterocycles. The normalized spacial score (nSPS) is 50.2. The van der Waals surface area contributed by atoms with Crippen LogP contribution in [-0.2, 0) is 21.9 Å². The van der Waals surface area contributed by atoms with Crippen molar-refractivity contribution >= 4 is 5.97 Å². The molecule has 0 aromatic carbocycles. The topological polar surface area (TPSA) is 134 Å². The average molecular weight is 756 g/mol. The minimum atomic E-state index is -0.607. The molecule has 4 aliphatic carbocycles. The van der Waals surface area contributed by atoms with Gasteiger partial charge in [0.25, 0.3) is 0 Å². The number of hydrogen-bond donors (Lipinski definition) is 9. The quantitative estimate of drug-likeness (QED) is 0.119.